The number of nitrogens with one attached hydrogen (secondary N) is 1. The number of hydrogen-bond donors (Lipinski definition) is 1. The van der Waals surface area contributed by atoms with Crippen LogP contribution < -0.4 is 5.32 Å². The van der Waals surface area contributed by atoms with Crippen LogP contribution in [0.25, 0.3) is 0 Å². The highest BCUT2D eigenvalue weighted by atomic mass is 79.9. The van der Waals surface area contributed by atoms with Crippen LogP contribution in [-0.4, -0.2) is 4.98 Å². The second-order valence-corrected chi connectivity index (χ2v) is 5.46. The van der Waals surface area contributed by atoms with Gasteiger partial charge in [0.15, 0.2) is 0 Å². The van der Waals surface area contributed by atoms with Crippen molar-refractivity contribution in [2.24, 2.45) is 0 Å². The van der Waals surface area contributed by atoms with Crippen molar-refractivity contribution in [3.8, 4) is 0 Å². The predicted molar refractivity (Wildman–Crippen MR) is 76.4 cm³/mol. The van der Waals surface area contributed by atoms with Crippen molar-refractivity contribution in [2.75, 3.05) is 5.32 Å². The summed E-state index contributed by atoms with van der Waals surface area (Å²) in [5.41, 5.74) is 0.348. The van der Waals surface area contributed by atoms with E-state index >= 15 is 0 Å². The lowest BCUT2D eigenvalue weighted by atomic mass is 10.2. The second kappa shape index (κ2) is 5.61. The summed E-state index contributed by atoms with van der Waals surface area (Å²) in [5, 5.41) is 2.82. The minimum Gasteiger partial charge on any atom is -0.340 e. The molecule has 0 aliphatic heterocycles. The van der Waals surface area contributed by atoms with Gasteiger partial charge in [-0.15, -0.1) is 0 Å². The summed E-state index contributed by atoms with van der Waals surface area (Å²) in [6.07, 6.45) is -2.86. The van der Waals surface area contributed by atoms with Crippen molar-refractivity contribution in [3.05, 3.63) is 51.1 Å². The van der Waals surface area contributed by atoms with Crippen molar-refractivity contribution in [1.29, 1.82) is 0 Å². The quantitative estimate of drug-likeness (QED) is 0.753. The van der Waals surface area contributed by atoms with Gasteiger partial charge in [0.25, 0.3) is 0 Å². The van der Waals surface area contributed by atoms with Crippen LogP contribution in [0.4, 0.5) is 24.7 Å². The van der Waals surface area contributed by atoms with Gasteiger partial charge in [0.05, 0.1) is 5.56 Å². The molecule has 0 unspecified atom stereocenters. The first-order chi connectivity index (χ1) is 9.25. The summed E-state index contributed by atoms with van der Waals surface area (Å²) < 4.78 is 38.9. The zero-order valence-corrected chi connectivity index (χ0v) is 12.6. The Balaban J connectivity index is 2.33. The van der Waals surface area contributed by atoms with E-state index in [4.69, 9.17) is 11.6 Å². The number of hydrogen-bond acceptors (Lipinski definition) is 2. The number of pyridine rings is 1. The fourth-order valence-electron chi connectivity index (χ4n) is 1.58. The molecule has 0 fully saturated rings. The Hall–Kier alpha value is -1.27. The first kappa shape index (κ1) is 15.1. The van der Waals surface area contributed by atoms with Crippen LogP contribution in [0.3, 0.4) is 0 Å². The average molecular weight is 366 g/mol. The summed E-state index contributed by atoms with van der Waals surface area (Å²) in [6.45, 7) is 1.86. The molecule has 1 heterocycles. The molecule has 1 aromatic heterocycles. The van der Waals surface area contributed by atoms with Crippen LogP contribution in [0.1, 0.15) is 11.1 Å². The summed E-state index contributed by atoms with van der Waals surface area (Å²) >= 11 is 9.01. The van der Waals surface area contributed by atoms with Crippen molar-refractivity contribution in [1.82, 2.24) is 4.98 Å². The molecule has 0 radical (unpaired) electrons. The van der Waals surface area contributed by atoms with Gasteiger partial charge in [-0.2, -0.15) is 13.2 Å². The van der Waals surface area contributed by atoms with Crippen LogP contribution in [0.5, 0.6) is 0 Å². The van der Waals surface area contributed by atoms with E-state index in [1.165, 1.54) is 6.07 Å². The summed E-state index contributed by atoms with van der Waals surface area (Å²) in [5.74, 6) is 0.445. The van der Waals surface area contributed by atoms with E-state index in [1.54, 1.807) is 12.3 Å². The van der Waals surface area contributed by atoms with Gasteiger partial charge in [0.2, 0.25) is 0 Å². The SMILES string of the molecule is Cc1cc(Nc2cc(Cl)cc(C(F)(F)F)c2)ncc1Br. The molecule has 1 aromatic carbocycles. The van der Waals surface area contributed by atoms with E-state index in [-0.39, 0.29) is 10.7 Å². The van der Waals surface area contributed by atoms with Crippen LogP contribution in [0, 0.1) is 6.92 Å². The van der Waals surface area contributed by atoms with E-state index in [0.717, 1.165) is 22.2 Å². The van der Waals surface area contributed by atoms with Gasteiger partial charge in [-0.3, -0.25) is 0 Å². The van der Waals surface area contributed by atoms with E-state index in [0.29, 0.717) is 5.82 Å². The van der Waals surface area contributed by atoms with Crippen molar-refractivity contribution >= 4 is 39.0 Å². The first-order valence-electron chi connectivity index (χ1n) is 5.52. The maximum Gasteiger partial charge on any atom is 0.416 e. The molecule has 0 atom stereocenters. The van der Waals surface area contributed by atoms with E-state index in [1.807, 2.05) is 6.92 Å². The highest BCUT2D eigenvalue weighted by Crippen LogP contribution is 2.34. The molecular formula is C13H9BrClF3N2. The van der Waals surface area contributed by atoms with Crippen LogP contribution in [-0.2, 0) is 6.18 Å². The topological polar surface area (TPSA) is 24.9 Å². The highest BCUT2D eigenvalue weighted by molar-refractivity contribution is 9.10. The third-order valence-electron chi connectivity index (χ3n) is 2.54. The predicted octanol–water partition coefficient (Wildman–Crippen LogP) is 5.57. The van der Waals surface area contributed by atoms with Gasteiger partial charge in [0.1, 0.15) is 5.82 Å². The molecule has 106 valence electrons. The molecule has 2 nitrogen and oxygen atoms in total. The van der Waals surface area contributed by atoms with Gasteiger partial charge in [-0.1, -0.05) is 11.6 Å². The Morgan fingerprint density at radius 1 is 1.20 bits per heavy atom. The molecule has 0 saturated heterocycles. The van der Waals surface area contributed by atoms with Crippen molar-refractivity contribution in [3.63, 3.8) is 0 Å². The lowest BCUT2D eigenvalue weighted by Gasteiger charge is -2.11. The largest absolute Gasteiger partial charge is 0.416 e. The number of aryl methyl sites for hydroxylation is 1. The summed E-state index contributed by atoms with van der Waals surface area (Å²) in [7, 11) is 0. The minimum atomic E-state index is -4.44. The Morgan fingerprint density at radius 3 is 2.50 bits per heavy atom. The Bertz CT molecular complexity index is 644. The standard InChI is InChI=1S/C13H9BrClF3N2/c1-7-2-12(19-6-11(7)14)20-10-4-8(13(16,17)18)3-9(15)5-10/h2-6H,1H3,(H,19,20). The summed E-state index contributed by atoms with van der Waals surface area (Å²) in [6, 6.07) is 5.01. The molecule has 0 saturated carbocycles. The van der Waals surface area contributed by atoms with Crippen LogP contribution in [0.2, 0.25) is 5.02 Å². The molecule has 0 amide bonds. The number of rotatable bonds is 2. The average Bonchev–Trinajstić information content (AvgIpc) is 2.32. The number of nitrogens with zero attached hydrogens (tertiary/aromatic N) is 1. The summed E-state index contributed by atoms with van der Waals surface area (Å²) in [4.78, 5) is 4.07. The third kappa shape index (κ3) is 3.64. The smallest absolute Gasteiger partial charge is 0.340 e. The molecule has 20 heavy (non-hydrogen) atoms. The minimum absolute atomic E-state index is 0.0103. The van der Waals surface area contributed by atoms with E-state index in [9.17, 15) is 13.2 Å². The maximum atomic E-state index is 12.7. The zero-order valence-electron chi connectivity index (χ0n) is 10.2. The highest BCUT2D eigenvalue weighted by Gasteiger charge is 2.31. The molecule has 0 aliphatic rings. The van der Waals surface area contributed by atoms with Gasteiger partial charge >= 0.3 is 6.18 Å². The Labute approximate surface area is 127 Å². The van der Waals surface area contributed by atoms with Gasteiger partial charge in [-0.25, -0.2) is 4.98 Å². The molecule has 7 heteroatoms. The van der Waals surface area contributed by atoms with Crippen molar-refractivity contribution in [2.45, 2.75) is 13.1 Å². The van der Waals surface area contributed by atoms with Crippen LogP contribution in [0.15, 0.2) is 34.9 Å². The lowest BCUT2D eigenvalue weighted by molar-refractivity contribution is -0.137. The fourth-order valence-corrected chi connectivity index (χ4v) is 2.03. The monoisotopic (exact) mass is 364 g/mol. The number of anilines is 2. The molecule has 2 rings (SSSR count). The first-order valence-corrected chi connectivity index (χ1v) is 6.70. The molecule has 1 N–H and O–H groups in total. The van der Waals surface area contributed by atoms with Crippen LogP contribution >= 0.6 is 27.5 Å². The molecule has 0 spiro atoms. The Kier molecular flexibility index (Phi) is 4.25. The van der Waals surface area contributed by atoms with Gasteiger partial charge < -0.3 is 5.32 Å². The van der Waals surface area contributed by atoms with Gasteiger partial charge in [-0.05, 0) is 52.7 Å². The number of alkyl halides is 3. The number of halogens is 5. The van der Waals surface area contributed by atoms with E-state index in [2.05, 4.69) is 26.2 Å². The lowest BCUT2D eigenvalue weighted by Crippen LogP contribution is -2.05. The molecule has 0 bridgehead atoms. The molecule has 2 aromatic rings. The Morgan fingerprint density at radius 2 is 1.90 bits per heavy atom. The van der Waals surface area contributed by atoms with Gasteiger partial charge in [0, 0.05) is 21.4 Å². The number of aromatic nitrogens is 1. The van der Waals surface area contributed by atoms with E-state index < -0.39 is 11.7 Å². The van der Waals surface area contributed by atoms with Crippen molar-refractivity contribution < 1.29 is 13.2 Å². The molecule has 0 aliphatic carbocycles. The zero-order chi connectivity index (χ0) is 14.9. The maximum absolute atomic E-state index is 12.7. The third-order valence-corrected chi connectivity index (χ3v) is 3.59. The number of benzene rings is 1. The fraction of sp³-hybridized carbons (Fsp3) is 0.154. The molecular weight excluding hydrogens is 357 g/mol. The normalized spacial score (nSPS) is 11.5. The second-order valence-electron chi connectivity index (χ2n) is 4.17.